The van der Waals surface area contributed by atoms with Gasteiger partial charge < -0.3 is 5.32 Å². The summed E-state index contributed by atoms with van der Waals surface area (Å²) in [6, 6.07) is 8.26. The highest BCUT2D eigenvalue weighted by molar-refractivity contribution is 9.10. The topological polar surface area (TPSA) is 29.1 Å². The SMILES string of the molecule is CC1C(=O)NC1c1ccc(Br)cc1. The Morgan fingerprint density at radius 3 is 2.38 bits per heavy atom. The zero-order chi connectivity index (χ0) is 9.42. The van der Waals surface area contributed by atoms with Crippen molar-refractivity contribution in [1.29, 1.82) is 0 Å². The van der Waals surface area contributed by atoms with Crippen molar-refractivity contribution in [3.63, 3.8) is 0 Å². The van der Waals surface area contributed by atoms with Gasteiger partial charge in [0.25, 0.3) is 0 Å². The van der Waals surface area contributed by atoms with E-state index < -0.39 is 0 Å². The maximum absolute atomic E-state index is 11.0. The Bertz CT molecular complexity index is 333. The Hall–Kier alpha value is -0.830. The molecule has 1 N–H and O–H groups in total. The molecule has 1 amide bonds. The molecule has 0 spiro atoms. The van der Waals surface area contributed by atoms with Crippen molar-refractivity contribution in [3.8, 4) is 0 Å². The van der Waals surface area contributed by atoms with Gasteiger partial charge in [0.05, 0.1) is 12.0 Å². The minimum absolute atomic E-state index is 0.112. The largest absolute Gasteiger partial charge is 0.348 e. The number of β-lactam (4-membered cyclic amide) rings is 1. The van der Waals surface area contributed by atoms with E-state index in [4.69, 9.17) is 0 Å². The minimum atomic E-state index is 0.112. The van der Waals surface area contributed by atoms with E-state index in [9.17, 15) is 4.79 Å². The average molecular weight is 240 g/mol. The highest BCUT2D eigenvalue weighted by Gasteiger charge is 2.35. The van der Waals surface area contributed by atoms with Gasteiger partial charge in [-0.2, -0.15) is 0 Å². The number of rotatable bonds is 1. The predicted octanol–water partition coefficient (Wildman–Crippen LogP) is 2.26. The van der Waals surface area contributed by atoms with Crippen molar-refractivity contribution in [2.24, 2.45) is 5.92 Å². The number of hydrogen-bond donors (Lipinski definition) is 1. The number of carbonyl (C=O) groups excluding carboxylic acids is 1. The first-order valence-electron chi connectivity index (χ1n) is 4.24. The van der Waals surface area contributed by atoms with Crippen LogP contribution in [0.25, 0.3) is 0 Å². The molecule has 0 radical (unpaired) electrons. The van der Waals surface area contributed by atoms with Gasteiger partial charge in [-0.05, 0) is 17.7 Å². The van der Waals surface area contributed by atoms with Crippen LogP contribution in [0.2, 0.25) is 0 Å². The van der Waals surface area contributed by atoms with E-state index in [2.05, 4.69) is 21.2 Å². The summed E-state index contributed by atoms with van der Waals surface area (Å²) in [5.41, 5.74) is 1.18. The van der Waals surface area contributed by atoms with E-state index in [0.29, 0.717) is 0 Å². The van der Waals surface area contributed by atoms with E-state index in [1.807, 2.05) is 31.2 Å². The first kappa shape index (κ1) is 8.75. The Morgan fingerprint density at radius 1 is 1.31 bits per heavy atom. The third-order valence-corrected chi connectivity index (χ3v) is 2.97. The van der Waals surface area contributed by atoms with Crippen molar-refractivity contribution in [3.05, 3.63) is 34.3 Å². The van der Waals surface area contributed by atoms with Gasteiger partial charge in [-0.15, -0.1) is 0 Å². The lowest BCUT2D eigenvalue weighted by atomic mass is 9.87. The average Bonchev–Trinajstić information content (AvgIpc) is 2.15. The van der Waals surface area contributed by atoms with E-state index in [1.165, 1.54) is 5.56 Å². The predicted molar refractivity (Wildman–Crippen MR) is 54.2 cm³/mol. The Balaban J connectivity index is 2.18. The van der Waals surface area contributed by atoms with Gasteiger partial charge in [0, 0.05) is 4.47 Å². The molecule has 1 saturated heterocycles. The van der Waals surface area contributed by atoms with E-state index in [1.54, 1.807) is 0 Å². The van der Waals surface area contributed by atoms with Crippen molar-refractivity contribution < 1.29 is 4.79 Å². The first-order chi connectivity index (χ1) is 6.18. The quantitative estimate of drug-likeness (QED) is 0.749. The number of amides is 1. The second-order valence-electron chi connectivity index (χ2n) is 3.33. The Kier molecular flexibility index (Phi) is 2.12. The fourth-order valence-electron chi connectivity index (χ4n) is 1.51. The number of hydrogen-bond acceptors (Lipinski definition) is 1. The molecule has 2 atom stereocenters. The van der Waals surface area contributed by atoms with Crippen LogP contribution in [0.5, 0.6) is 0 Å². The molecular weight excluding hydrogens is 230 g/mol. The lowest BCUT2D eigenvalue weighted by Crippen LogP contribution is -2.49. The summed E-state index contributed by atoms with van der Waals surface area (Å²) >= 11 is 3.37. The van der Waals surface area contributed by atoms with Crippen LogP contribution in [0.15, 0.2) is 28.7 Å². The molecule has 1 heterocycles. The molecule has 2 nitrogen and oxygen atoms in total. The molecule has 0 bridgehead atoms. The fraction of sp³-hybridized carbons (Fsp3) is 0.300. The van der Waals surface area contributed by atoms with Crippen LogP contribution in [-0.2, 0) is 4.79 Å². The van der Waals surface area contributed by atoms with Gasteiger partial charge in [0.2, 0.25) is 5.91 Å². The molecule has 2 unspecified atom stereocenters. The van der Waals surface area contributed by atoms with E-state index >= 15 is 0 Å². The van der Waals surface area contributed by atoms with Gasteiger partial charge in [0.15, 0.2) is 0 Å². The summed E-state index contributed by atoms with van der Waals surface area (Å²) in [5, 5.41) is 2.87. The second-order valence-corrected chi connectivity index (χ2v) is 4.24. The van der Waals surface area contributed by atoms with Crippen LogP contribution < -0.4 is 5.32 Å². The molecule has 1 fully saturated rings. The van der Waals surface area contributed by atoms with Crippen LogP contribution in [0, 0.1) is 5.92 Å². The Morgan fingerprint density at radius 2 is 1.92 bits per heavy atom. The van der Waals surface area contributed by atoms with Crippen molar-refractivity contribution in [1.82, 2.24) is 5.32 Å². The van der Waals surface area contributed by atoms with E-state index in [-0.39, 0.29) is 17.9 Å². The molecule has 0 aliphatic carbocycles. The van der Waals surface area contributed by atoms with Crippen LogP contribution in [0.3, 0.4) is 0 Å². The van der Waals surface area contributed by atoms with Gasteiger partial charge >= 0.3 is 0 Å². The monoisotopic (exact) mass is 239 g/mol. The fourth-order valence-corrected chi connectivity index (χ4v) is 1.77. The number of nitrogens with one attached hydrogen (secondary N) is 1. The van der Waals surface area contributed by atoms with Gasteiger partial charge in [-0.1, -0.05) is 35.0 Å². The normalized spacial score (nSPS) is 26.5. The van der Waals surface area contributed by atoms with Gasteiger partial charge in [-0.3, -0.25) is 4.79 Å². The van der Waals surface area contributed by atoms with Gasteiger partial charge in [-0.25, -0.2) is 0 Å². The number of carbonyl (C=O) groups is 1. The minimum Gasteiger partial charge on any atom is -0.348 e. The summed E-state index contributed by atoms with van der Waals surface area (Å²) in [4.78, 5) is 11.0. The maximum atomic E-state index is 11.0. The molecule has 3 heteroatoms. The molecule has 1 aliphatic heterocycles. The first-order valence-corrected chi connectivity index (χ1v) is 5.03. The van der Waals surface area contributed by atoms with Crippen LogP contribution in [-0.4, -0.2) is 5.91 Å². The van der Waals surface area contributed by atoms with Crippen LogP contribution in [0.4, 0.5) is 0 Å². The zero-order valence-electron chi connectivity index (χ0n) is 7.25. The standard InChI is InChI=1S/C10H10BrNO/c1-6-9(12-10(6)13)7-2-4-8(11)5-3-7/h2-6,9H,1H3,(H,12,13). The van der Waals surface area contributed by atoms with Crippen molar-refractivity contribution in [2.75, 3.05) is 0 Å². The van der Waals surface area contributed by atoms with Crippen molar-refractivity contribution in [2.45, 2.75) is 13.0 Å². The van der Waals surface area contributed by atoms with Crippen molar-refractivity contribution >= 4 is 21.8 Å². The summed E-state index contributed by atoms with van der Waals surface area (Å²) in [6.45, 7) is 1.95. The molecule has 1 aromatic carbocycles. The third kappa shape index (κ3) is 1.48. The smallest absolute Gasteiger partial charge is 0.225 e. The van der Waals surface area contributed by atoms with Gasteiger partial charge in [0.1, 0.15) is 0 Å². The highest BCUT2D eigenvalue weighted by atomic mass is 79.9. The lowest BCUT2D eigenvalue weighted by Gasteiger charge is -2.34. The van der Waals surface area contributed by atoms with Crippen LogP contribution >= 0.6 is 15.9 Å². The number of halogens is 1. The van der Waals surface area contributed by atoms with E-state index in [0.717, 1.165) is 4.47 Å². The molecular formula is C10H10BrNO. The number of benzene rings is 1. The van der Waals surface area contributed by atoms with Crippen LogP contribution in [0.1, 0.15) is 18.5 Å². The Labute approximate surface area is 85.5 Å². The summed E-state index contributed by atoms with van der Waals surface area (Å²) in [5.74, 6) is 0.258. The third-order valence-electron chi connectivity index (χ3n) is 2.44. The lowest BCUT2D eigenvalue weighted by molar-refractivity contribution is -0.134. The second kappa shape index (κ2) is 3.14. The molecule has 2 rings (SSSR count). The molecule has 0 saturated carbocycles. The molecule has 1 aromatic rings. The highest BCUT2D eigenvalue weighted by Crippen LogP contribution is 2.30. The molecule has 68 valence electrons. The summed E-state index contributed by atoms with van der Waals surface area (Å²) in [6.07, 6.45) is 0. The maximum Gasteiger partial charge on any atom is 0.225 e. The molecule has 13 heavy (non-hydrogen) atoms. The summed E-state index contributed by atoms with van der Waals surface area (Å²) < 4.78 is 1.06. The molecule has 1 aliphatic rings. The zero-order valence-corrected chi connectivity index (χ0v) is 8.84. The summed E-state index contributed by atoms with van der Waals surface area (Å²) in [7, 11) is 0. The molecule has 0 aromatic heterocycles.